The highest BCUT2D eigenvalue weighted by molar-refractivity contribution is 9.10. The Bertz CT molecular complexity index is 524. The Labute approximate surface area is 132 Å². The van der Waals surface area contributed by atoms with Crippen molar-refractivity contribution in [3.63, 3.8) is 0 Å². The first kappa shape index (κ1) is 14.8. The molecule has 2 heterocycles. The molecular formula is C15H19BrN2O3. The fourth-order valence-corrected chi connectivity index (χ4v) is 3.75. The smallest absolute Gasteiger partial charge is 0.293 e. The summed E-state index contributed by atoms with van der Waals surface area (Å²) in [5.74, 6) is 0.609. The molecule has 5 nitrogen and oxygen atoms in total. The Morgan fingerprint density at radius 3 is 2.67 bits per heavy atom. The third-order valence-corrected chi connectivity index (χ3v) is 5.00. The summed E-state index contributed by atoms with van der Waals surface area (Å²) in [5.41, 5.74) is 0.911. The van der Waals surface area contributed by atoms with E-state index in [1.54, 1.807) is 6.07 Å². The Hall–Kier alpha value is -1.14. The molecule has 0 spiro atoms. The highest BCUT2D eigenvalue weighted by Gasteiger charge is 2.31. The molecule has 1 atom stereocenters. The molecule has 0 bridgehead atoms. The fraction of sp³-hybridized carbons (Fsp3) is 0.600. The van der Waals surface area contributed by atoms with E-state index in [-0.39, 0.29) is 10.6 Å². The van der Waals surface area contributed by atoms with Gasteiger partial charge in [0.25, 0.3) is 5.69 Å². The summed E-state index contributed by atoms with van der Waals surface area (Å²) in [6, 6.07) is 5.30. The predicted octanol–water partition coefficient (Wildman–Crippen LogP) is 3.75. The van der Waals surface area contributed by atoms with Gasteiger partial charge in [0.2, 0.25) is 0 Å². The molecule has 2 aliphatic rings. The van der Waals surface area contributed by atoms with E-state index in [1.807, 2.05) is 12.1 Å². The molecule has 0 saturated carbocycles. The minimum atomic E-state index is -0.299. The number of hydrogen-bond acceptors (Lipinski definition) is 4. The van der Waals surface area contributed by atoms with Crippen molar-refractivity contribution in [1.29, 1.82) is 0 Å². The SMILES string of the molecule is O=[N+]([O-])c1cc(Br)ccc1N1CCC(C2CCCO2)CC1. The van der Waals surface area contributed by atoms with Crippen molar-refractivity contribution in [3.05, 3.63) is 32.8 Å². The zero-order valence-corrected chi connectivity index (χ0v) is 13.4. The second-order valence-corrected chi connectivity index (χ2v) is 6.68. The minimum absolute atomic E-state index is 0.181. The number of rotatable bonds is 3. The molecular weight excluding hydrogens is 336 g/mol. The van der Waals surface area contributed by atoms with Crippen LogP contribution in [0, 0.1) is 16.0 Å². The Balaban J connectivity index is 1.70. The first-order valence-electron chi connectivity index (χ1n) is 7.45. The monoisotopic (exact) mass is 354 g/mol. The van der Waals surface area contributed by atoms with Crippen molar-refractivity contribution < 1.29 is 9.66 Å². The summed E-state index contributed by atoms with van der Waals surface area (Å²) in [4.78, 5) is 13.1. The summed E-state index contributed by atoms with van der Waals surface area (Å²) in [6.45, 7) is 2.63. The molecule has 2 fully saturated rings. The van der Waals surface area contributed by atoms with Gasteiger partial charge < -0.3 is 9.64 Å². The number of nitrogens with zero attached hydrogens (tertiary/aromatic N) is 2. The molecule has 1 unspecified atom stereocenters. The van der Waals surface area contributed by atoms with E-state index in [4.69, 9.17) is 4.74 Å². The third-order valence-electron chi connectivity index (χ3n) is 4.51. The molecule has 21 heavy (non-hydrogen) atoms. The van der Waals surface area contributed by atoms with E-state index >= 15 is 0 Å². The Morgan fingerprint density at radius 2 is 2.05 bits per heavy atom. The maximum Gasteiger partial charge on any atom is 0.293 e. The fourth-order valence-electron chi connectivity index (χ4n) is 3.40. The van der Waals surface area contributed by atoms with E-state index in [2.05, 4.69) is 20.8 Å². The van der Waals surface area contributed by atoms with Crippen LogP contribution >= 0.6 is 15.9 Å². The van der Waals surface area contributed by atoms with Crippen molar-refractivity contribution in [1.82, 2.24) is 0 Å². The molecule has 114 valence electrons. The topological polar surface area (TPSA) is 55.6 Å². The second-order valence-electron chi connectivity index (χ2n) is 5.77. The average molecular weight is 355 g/mol. The number of nitro groups is 1. The van der Waals surface area contributed by atoms with Crippen LogP contribution in [0.25, 0.3) is 0 Å². The van der Waals surface area contributed by atoms with E-state index in [0.29, 0.717) is 12.0 Å². The normalized spacial score (nSPS) is 23.5. The first-order valence-corrected chi connectivity index (χ1v) is 8.25. The van der Waals surface area contributed by atoms with Gasteiger partial charge in [0.15, 0.2) is 0 Å². The number of ether oxygens (including phenoxy) is 1. The second kappa shape index (κ2) is 6.32. The van der Waals surface area contributed by atoms with Crippen molar-refractivity contribution in [2.24, 2.45) is 5.92 Å². The van der Waals surface area contributed by atoms with Crippen LogP contribution in [0.5, 0.6) is 0 Å². The predicted molar refractivity (Wildman–Crippen MR) is 84.7 cm³/mol. The minimum Gasteiger partial charge on any atom is -0.378 e. The maximum absolute atomic E-state index is 11.2. The van der Waals surface area contributed by atoms with Gasteiger partial charge >= 0.3 is 0 Å². The van der Waals surface area contributed by atoms with Crippen LogP contribution in [0.4, 0.5) is 11.4 Å². The van der Waals surface area contributed by atoms with Crippen LogP contribution in [0.15, 0.2) is 22.7 Å². The molecule has 3 rings (SSSR count). The van der Waals surface area contributed by atoms with Gasteiger partial charge in [-0.15, -0.1) is 0 Å². The lowest BCUT2D eigenvalue weighted by atomic mass is 9.89. The zero-order chi connectivity index (χ0) is 14.8. The van der Waals surface area contributed by atoms with E-state index in [0.717, 1.165) is 42.7 Å². The Kier molecular flexibility index (Phi) is 4.45. The quantitative estimate of drug-likeness (QED) is 0.612. The number of hydrogen-bond donors (Lipinski definition) is 0. The number of halogens is 1. The summed E-state index contributed by atoms with van der Waals surface area (Å²) in [7, 11) is 0. The average Bonchev–Trinajstić information content (AvgIpc) is 3.01. The maximum atomic E-state index is 11.2. The van der Waals surface area contributed by atoms with Gasteiger partial charge in [0, 0.05) is 30.2 Å². The molecule has 2 aliphatic heterocycles. The van der Waals surface area contributed by atoms with Gasteiger partial charge in [-0.2, -0.15) is 0 Å². The van der Waals surface area contributed by atoms with Gasteiger partial charge in [-0.3, -0.25) is 10.1 Å². The van der Waals surface area contributed by atoms with Crippen LogP contribution < -0.4 is 4.90 Å². The molecule has 0 aromatic heterocycles. The van der Waals surface area contributed by atoms with Gasteiger partial charge in [0.05, 0.1) is 11.0 Å². The van der Waals surface area contributed by atoms with Crippen molar-refractivity contribution in [3.8, 4) is 0 Å². The Morgan fingerprint density at radius 1 is 1.29 bits per heavy atom. The largest absolute Gasteiger partial charge is 0.378 e. The molecule has 2 saturated heterocycles. The molecule has 0 aliphatic carbocycles. The van der Waals surface area contributed by atoms with Crippen molar-refractivity contribution >= 4 is 27.3 Å². The number of nitro benzene ring substituents is 1. The molecule has 6 heteroatoms. The van der Waals surface area contributed by atoms with Crippen molar-refractivity contribution in [2.45, 2.75) is 31.8 Å². The van der Waals surface area contributed by atoms with Crippen LogP contribution in [0.2, 0.25) is 0 Å². The van der Waals surface area contributed by atoms with E-state index in [1.165, 1.54) is 12.8 Å². The van der Waals surface area contributed by atoms with Crippen LogP contribution in [-0.4, -0.2) is 30.7 Å². The lowest BCUT2D eigenvalue weighted by Gasteiger charge is -2.35. The molecule has 0 radical (unpaired) electrons. The number of anilines is 1. The summed E-state index contributed by atoms with van der Waals surface area (Å²) in [5, 5.41) is 11.2. The highest BCUT2D eigenvalue weighted by atomic mass is 79.9. The van der Waals surface area contributed by atoms with Crippen LogP contribution in [-0.2, 0) is 4.74 Å². The van der Waals surface area contributed by atoms with Gasteiger partial charge in [0.1, 0.15) is 5.69 Å². The van der Waals surface area contributed by atoms with E-state index in [9.17, 15) is 10.1 Å². The number of piperidine rings is 1. The standard InChI is InChI=1S/C15H19BrN2O3/c16-12-3-4-13(14(10-12)18(19)20)17-7-5-11(6-8-17)15-2-1-9-21-15/h3-4,10-11,15H,1-2,5-9H2. The summed E-state index contributed by atoms with van der Waals surface area (Å²) < 4.78 is 6.52. The van der Waals surface area contributed by atoms with Gasteiger partial charge in [-0.1, -0.05) is 15.9 Å². The van der Waals surface area contributed by atoms with Crippen molar-refractivity contribution in [2.75, 3.05) is 24.6 Å². The summed E-state index contributed by atoms with van der Waals surface area (Å²) in [6.07, 6.45) is 4.86. The molecule has 0 N–H and O–H groups in total. The first-order chi connectivity index (χ1) is 10.1. The summed E-state index contributed by atoms with van der Waals surface area (Å²) >= 11 is 3.30. The lowest BCUT2D eigenvalue weighted by molar-refractivity contribution is -0.384. The third kappa shape index (κ3) is 3.21. The lowest BCUT2D eigenvalue weighted by Crippen LogP contribution is -2.37. The van der Waals surface area contributed by atoms with Crippen LogP contribution in [0.1, 0.15) is 25.7 Å². The van der Waals surface area contributed by atoms with Gasteiger partial charge in [-0.25, -0.2) is 0 Å². The number of benzene rings is 1. The van der Waals surface area contributed by atoms with Crippen LogP contribution in [0.3, 0.4) is 0 Å². The van der Waals surface area contributed by atoms with E-state index < -0.39 is 0 Å². The van der Waals surface area contributed by atoms with Gasteiger partial charge in [-0.05, 0) is 43.7 Å². The molecule has 1 aromatic carbocycles. The zero-order valence-electron chi connectivity index (χ0n) is 11.8. The highest BCUT2D eigenvalue weighted by Crippen LogP contribution is 2.35. The molecule has 0 amide bonds. The molecule has 1 aromatic rings.